The monoisotopic (exact) mass is 242 g/mol. The molecule has 0 aliphatic heterocycles. The summed E-state index contributed by atoms with van der Waals surface area (Å²) in [6.07, 6.45) is 0.519. The van der Waals surface area contributed by atoms with Gasteiger partial charge in [-0.3, -0.25) is 4.79 Å². The van der Waals surface area contributed by atoms with E-state index in [2.05, 4.69) is 6.92 Å². The van der Waals surface area contributed by atoms with Crippen LogP contribution in [0.15, 0.2) is 18.2 Å². The fraction of sp³-hybridized carbons (Fsp3) is 0.417. The van der Waals surface area contributed by atoms with Crippen LogP contribution in [0.4, 0.5) is 0 Å². The number of thioether (sulfide) groups is 1. The minimum absolute atomic E-state index is 0.281. The second-order valence-corrected chi connectivity index (χ2v) is 5.12. The minimum atomic E-state index is 0.281. The molecule has 1 aromatic rings. The van der Waals surface area contributed by atoms with Crippen LogP contribution in [0.5, 0.6) is 0 Å². The molecule has 15 heavy (non-hydrogen) atoms. The van der Waals surface area contributed by atoms with Gasteiger partial charge in [-0.2, -0.15) is 11.8 Å². The molecule has 82 valence electrons. The third-order valence-electron chi connectivity index (χ3n) is 2.09. The Morgan fingerprint density at radius 3 is 2.80 bits per heavy atom. The normalized spacial score (nSPS) is 10.3. The van der Waals surface area contributed by atoms with Gasteiger partial charge < -0.3 is 0 Å². The molecule has 0 aliphatic rings. The molecule has 0 unspecified atom stereocenters. The zero-order valence-corrected chi connectivity index (χ0v) is 10.6. The summed E-state index contributed by atoms with van der Waals surface area (Å²) in [4.78, 5) is 11.5. The highest BCUT2D eigenvalue weighted by Crippen LogP contribution is 2.17. The van der Waals surface area contributed by atoms with Crippen LogP contribution in [0.1, 0.15) is 18.1 Å². The van der Waals surface area contributed by atoms with E-state index in [9.17, 15) is 4.79 Å². The number of benzene rings is 1. The van der Waals surface area contributed by atoms with E-state index in [1.165, 1.54) is 0 Å². The molecule has 0 aromatic heterocycles. The Hall–Kier alpha value is -0.470. The molecule has 0 saturated carbocycles. The molecule has 0 spiro atoms. The molecule has 1 aromatic carbocycles. The van der Waals surface area contributed by atoms with Crippen molar-refractivity contribution < 1.29 is 4.79 Å². The molecule has 1 nitrogen and oxygen atoms in total. The summed E-state index contributed by atoms with van der Waals surface area (Å²) in [6, 6.07) is 5.76. The van der Waals surface area contributed by atoms with Crippen LogP contribution < -0.4 is 0 Å². The molecule has 0 atom stereocenters. The third kappa shape index (κ3) is 4.27. The van der Waals surface area contributed by atoms with Crippen molar-refractivity contribution in [2.75, 3.05) is 11.5 Å². The van der Waals surface area contributed by atoms with Gasteiger partial charge in [0, 0.05) is 11.4 Å². The molecule has 0 radical (unpaired) electrons. The molecular formula is C12H15ClOS. The lowest BCUT2D eigenvalue weighted by Crippen LogP contribution is -2.06. The van der Waals surface area contributed by atoms with Gasteiger partial charge in [0.15, 0.2) is 0 Å². The Labute approximate surface area is 100 Å². The van der Waals surface area contributed by atoms with E-state index in [0.29, 0.717) is 12.2 Å². The van der Waals surface area contributed by atoms with Crippen molar-refractivity contribution in [2.45, 2.75) is 20.3 Å². The summed E-state index contributed by atoms with van der Waals surface area (Å²) in [5, 5.41) is 0.758. The number of carbonyl (C=O) groups is 1. The van der Waals surface area contributed by atoms with E-state index in [-0.39, 0.29) is 5.78 Å². The highest BCUT2D eigenvalue weighted by Gasteiger charge is 2.04. The van der Waals surface area contributed by atoms with E-state index in [1.807, 2.05) is 25.1 Å². The molecule has 0 fully saturated rings. The molecule has 3 heteroatoms. The molecule has 0 heterocycles. The highest BCUT2D eigenvalue weighted by molar-refractivity contribution is 7.99. The predicted octanol–water partition coefficient (Wildman–Crippen LogP) is 3.51. The van der Waals surface area contributed by atoms with E-state index in [0.717, 1.165) is 21.9 Å². The topological polar surface area (TPSA) is 17.1 Å². The third-order valence-corrected chi connectivity index (χ3v) is 3.45. The van der Waals surface area contributed by atoms with Crippen molar-refractivity contribution in [1.29, 1.82) is 0 Å². The van der Waals surface area contributed by atoms with Gasteiger partial charge in [0.25, 0.3) is 0 Å². The summed E-state index contributed by atoms with van der Waals surface area (Å²) < 4.78 is 0. The van der Waals surface area contributed by atoms with Crippen molar-refractivity contribution in [1.82, 2.24) is 0 Å². The van der Waals surface area contributed by atoms with Crippen molar-refractivity contribution in [3.63, 3.8) is 0 Å². The fourth-order valence-electron chi connectivity index (χ4n) is 1.31. The maximum Gasteiger partial charge on any atom is 0.147 e. The van der Waals surface area contributed by atoms with E-state index in [4.69, 9.17) is 11.6 Å². The lowest BCUT2D eigenvalue weighted by atomic mass is 10.1. The second kappa shape index (κ2) is 6.19. The van der Waals surface area contributed by atoms with Crippen LogP contribution in [-0.4, -0.2) is 17.3 Å². The first kappa shape index (κ1) is 12.6. The number of rotatable bonds is 5. The van der Waals surface area contributed by atoms with Crippen LogP contribution >= 0.6 is 23.4 Å². The largest absolute Gasteiger partial charge is 0.298 e. The van der Waals surface area contributed by atoms with Gasteiger partial charge in [0.05, 0.1) is 5.75 Å². The Bertz CT molecular complexity index is 349. The summed E-state index contributed by atoms with van der Waals surface area (Å²) in [7, 11) is 0. The maximum absolute atomic E-state index is 11.5. The molecule has 1 rings (SSSR count). The number of aryl methyl sites for hydroxylation is 1. The van der Waals surface area contributed by atoms with E-state index in [1.54, 1.807) is 11.8 Å². The number of ketones is 1. The van der Waals surface area contributed by atoms with Crippen molar-refractivity contribution in [2.24, 2.45) is 0 Å². The lowest BCUT2D eigenvalue weighted by Gasteiger charge is -2.03. The van der Waals surface area contributed by atoms with Crippen molar-refractivity contribution in [3.05, 3.63) is 34.3 Å². The summed E-state index contributed by atoms with van der Waals surface area (Å²) in [6.45, 7) is 4.02. The highest BCUT2D eigenvalue weighted by atomic mass is 35.5. The van der Waals surface area contributed by atoms with Crippen LogP contribution in [0.2, 0.25) is 5.02 Å². The molecule has 0 N–H and O–H groups in total. The summed E-state index contributed by atoms with van der Waals surface area (Å²) in [5.74, 6) is 1.88. The first-order valence-corrected chi connectivity index (χ1v) is 6.51. The first-order chi connectivity index (χ1) is 7.13. The van der Waals surface area contributed by atoms with Gasteiger partial charge in [-0.1, -0.05) is 30.7 Å². The summed E-state index contributed by atoms with van der Waals surface area (Å²) >= 11 is 7.58. The zero-order chi connectivity index (χ0) is 11.3. The van der Waals surface area contributed by atoms with Gasteiger partial charge in [-0.15, -0.1) is 0 Å². The zero-order valence-electron chi connectivity index (χ0n) is 9.05. The van der Waals surface area contributed by atoms with Crippen LogP contribution in [0.3, 0.4) is 0 Å². The Morgan fingerprint density at radius 1 is 1.47 bits per heavy atom. The first-order valence-electron chi connectivity index (χ1n) is 4.98. The Morgan fingerprint density at radius 2 is 2.20 bits per heavy atom. The van der Waals surface area contributed by atoms with Gasteiger partial charge in [0.1, 0.15) is 5.78 Å². The SMILES string of the molecule is CCSCC(=O)Cc1ccc(Cl)c(C)c1. The number of halogens is 1. The minimum Gasteiger partial charge on any atom is -0.298 e. The average Bonchev–Trinajstić information content (AvgIpc) is 2.20. The fourth-order valence-corrected chi connectivity index (χ4v) is 1.96. The van der Waals surface area contributed by atoms with Gasteiger partial charge in [-0.05, 0) is 29.9 Å². The molecule has 0 aliphatic carbocycles. The van der Waals surface area contributed by atoms with Gasteiger partial charge >= 0.3 is 0 Å². The van der Waals surface area contributed by atoms with Crippen molar-refractivity contribution in [3.8, 4) is 0 Å². The van der Waals surface area contributed by atoms with E-state index >= 15 is 0 Å². The van der Waals surface area contributed by atoms with Crippen LogP contribution in [0.25, 0.3) is 0 Å². The quantitative estimate of drug-likeness (QED) is 0.786. The Balaban J connectivity index is 2.57. The molecule has 0 amide bonds. The average molecular weight is 243 g/mol. The van der Waals surface area contributed by atoms with Crippen LogP contribution in [-0.2, 0) is 11.2 Å². The van der Waals surface area contributed by atoms with Crippen LogP contribution in [0, 0.1) is 6.92 Å². The standard InChI is InChI=1S/C12H15ClOS/c1-3-15-8-11(14)7-10-4-5-12(13)9(2)6-10/h4-6H,3,7-8H2,1-2H3. The molecular weight excluding hydrogens is 228 g/mol. The molecule has 0 bridgehead atoms. The second-order valence-electron chi connectivity index (χ2n) is 3.44. The smallest absolute Gasteiger partial charge is 0.147 e. The lowest BCUT2D eigenvalue weighted by molar-refractivity contribution is -0.116. The Kier molecular flexibility index (Phi) is 5.20. The molecule has 0 saturated heterocycles. The number of hydrogen-bond acceptors (Lipinski definition) is 2. The number of hydrogen-bond donors (Lipinski definition) is 0. The maximum atomic E-state index is 11.5. The van der Waals surface area contributed by atoms with E-state index < -0.39 is 0 Å². The van der Waals surface area contributed by atoms with Gasteiger partial charge in [-0.25, -0.2) is 0 Å². The van der Waals surface area contributed by atoms with Gasteiger partial charge in [0.2, 0.25) is 0 Å². The summed E-state index contributed by atoms with van der Waals surface area (Å²) in [5.41, 5.74) is 2.09. The number of Topliss-reactive ketones (excluding diaryl/α,β-unsaturated/α-hetero) is 1. The van der Waals surface area contributed by atoms with Crippen molar-refractivity contribution >= 4 is 29.1 Å². The predicted molar refractivity (Wildman–Crippen MR) is 67.9 cm³/mol. The number of carbonyl (C=O) groups excluding carboxylic acids is 1.